The van der Waals surface area contributed by atoms with Crippen LogP contribution in [0.25, 0.3) is 0 Å². The SMILES string of the molecule is CCO[Si](Cc1ccc(C)c(OC)c1)(OCC)OCC. The topological polar surface area (TPSA) is 36.9 Å². The lowest BCUT2D eigenvalue weighted by molar-refractivity contribution is 0.0704. The van der Waals surface area contributed by atoms with Crippen molar-refractivity contribution in [2.24, 2.45) is 0 Å². The van der Waals surface area contributed by atoms with Gasteiger partial charge >= 0.3 is 8.80 Å². The molecule has 0 saturated heterocycles. The summed E-state index contributed by atoms with van der Waals surface area (Å²) in [5.74, 6) is 0.884. The molecule has 0 unspecified atom stereocenters. The summed E-state index contributed by atoms with van der Waals surface area (Å²) in [7, 11) is -0.960. The zero-order valence-corrected chi connectivity index (χ0v) is 14.2. The summed E-state index contributed by atoms with van der Waals surface area (Å²) in [6.07, 6.45) is 0. The number of rotatable bonds is 9. The first-order valence-electron chi connectivity index (χ1n) is 7.16. The molecule has 0 spiro atoms. The molecule has 0 fully saturated rings. The zero-order valence-electron chi connectivity index (χ0n) is 13.2. The molecule has 20 heavy (non-hydrogen) atoms. The molecule has 0 saturated carbocycles. The van der Waals surface area contributed by atoms with Gasteiger partial charge in [0.05, 0.1) is 7.11 Å². The maximum atomic E-state index is 5.87. The van der Waals surface area contributed by atoms with Crippen LogP contribution in [0.2, 0.25) is 0 Å². The highest BCUT2D eigenvalue weighted by molar-refractivity contribution is 6.60. The summed E-state index contributed by atoms with van der Waals surface area (Å²) in [5.41, 5.74) is 2.24. The molecule has 4 nitrogen and oxygen atoms in total. The molecule has 0 aromatic heterocycles. The van der Waals surface area contributed by atoms with Crippen LogP contribution in [0.15, 0.2) is 18.2 Å². The summed E-state index contributed by atoms with van der Waals surface area (Å²) in [6.45, 7) is 9.71. The number of hydrogen-bond donors (Lipinski definition) is 0. The Labute approximate surface area is 123 Å². The molecule has 0 aliphatic rings. The summed E-state index contributed by atoms with van der Waals surface area (Å²) < 4.78 is 23.0. The van der Waals surface area contributed by atoms with Crippen LogP contribution in [0.4, 0.5) is 0 Å². The number of benzene rings is 1. The van der Waals surface area contributed by atoms with Crippen molar-refractivity contribution in [2.75, 3.05) is 26.9 Å². The van der Waals surface area contributed by atoms with Crippen LogP contribution < -0.4 is 4.74 Å². The van der Waals surface area contributed by atoms with E-state index < -0.39 is 8.80 Å². The minimum absolute atomic E-state index is 0.592. The van der Waals surface area contributed by atoms with Gasteiger partial charge in [-0.3, -0.25) is 0 Å². The fourth-order valence-corrected chi connectivity index (χ4v) is 4.76. The molecule has 0 amide bonds. The van der Waals surface area contributed by atoms with Gasteiger partial charge in [0.25, 0.3) is 0 Å². The van der Waals surface area contributed by atoms with Gasteiger partial charge in [-0.25, -0.2) is 0 Å². The lowest BCUT2D eigenvalue weighted by atomic mass is 10.1. The Morgan fingerprint density at radius 3 is 1.95 bits per heavy atom. The van der Waals surface area contributed by atoms with Crippen molar-refractivity contribution in [1.29, 1.82) is 0 Å². The first kappa shape index (κ1) is 17.2. The Hall–Kier alpha value is -0.883. The Balaban J connectivity index is 2.98. The summed E-state index contributed by atoms with van der Waals surface area (Å²) in [4.78, 5) is 0. The summed E-state index contributed by atoms with van der Waals surface area (Å²) in [5, 5.41) is 0. The number of hydrogen-bond acceptors (Lipinski definition) is 4. The van der Waals surface area contributed by atoms with Crippen LogP contribution in [-0.4, -0.2) is 35.7 Å². The third kappa shape index (κ3) is 4.59. The van der Waals surface area contributed by atoms with E-state index in [1.807, 2.05) is 33.8 Å². The average molecular weight is 298 g/mol. The molecule has 1 rings (SSSR count). The second-order valence-corrected chi connectivity index (χ2v) is 7.05. The van der Waals surface area contributed by atoms with Crippen molar-refractivity contribution in [1.82, 2.24) is 0 Å². The molecule has 0 N–H and O–H groups in total. The molecule has 0 atom stereocenters. The monoisotopic (exact) mass is 298 g/mol. The molecule has 0 radical (unpaired) electrons. The molecule has 1 aromatic carbocycles. The second kappa shape index (κ2) is 8.41. The smallest absolute Gasteiger partial charge is 0.496 e. The standard InChI is InChI=1S/C15H26O4Si/c1-6-17-20(18-7-2,19-8-3)12-14-10-9-13(4)15(11-14)16-5/h9-11H,6-8,12H2,1-5H3. The van der Waals surface area contributed by atoms with Crippen LogP contribution in [0.5, 0.6) is 5.75 Å². The summed E-state index contributed by atoms with van der Waals surface area (Å²) >= 11 is 0. The largest absolute Gasteiger partial charge is 0.505 e. The van der Waals surface area contributed by atoms with Crippen LogP contribution in [-0.2, 0) is 19.3 Å². The van der Waals surface area contributed by atoms with E-state index in [1.54, 1.807) is 7.11 Å². The van der Waals surface area contributed by atoms with Gasteiger partial charge in [0.15, 0.2) is 0 Å². The van der Waals surface area contributed by atoms with Crippen LogP contribution >= 0.6 is 0 Å². The maximum Gasteiger partial charge on any atom is 0.505 e. The van der Waals surface area contributed by atoms with Gasteiger partial charge in [0.2, 0.25) is 0 Å². The molecule has 0 aliphatic heterocycles. The van der Waals surface area contributed by atoms with Crippen molar-refractivity contribution in [3.8, 4) is 5.75 Å². The van der Waals surface area contributed by atoms with Crippen molar-refractivity contribution in [3.05, 3.63) is 29.3 Å². The van der Waals surface area contributed by atoms with Crippen molar-refractivity contribution in [3.63, 3.8) is 0 Å². The molecular formula is C15H26O4Si. The van der Waals surface area contributed by atoms with E-state index in [-0.39, 0.29) is 0 Å². The van der Waals surface area contributed by atoms with E-state index in [2.05, 4.69) is 12.1 Å². The molecule has 0 heterocycles. The molecule has 0 aliphatic carbocycles. The van der Waals surface area contributed by atoms with Gasteiger partial charge in [-0.15, -0.1) is 0 Å². The van der Waals surface area contributed by atoms with Crippen molar-refractivity contribution in [2.45, 2.75) is 33.7 Å². The fourth-order valence-electron chi connectivity index (χ4n) is 2.16. The highest BCUT2D eigenvalue weighted by Crippen LogP contribution is 2.23. The molecular weight excluding hydrogens is 272 g/mol. The third-order valence-electron chi connectivity index (χ3n) is 2.99. The number of aryl methyl sites for hydroxylation is 1. The molecule has 1 aromatic rings. The second-order valence-electron chi connectivity index (χ2n) is 4.46. The van der Waals surface area contributed by atoms with Gasteiger partial charge in [-0.2, -0.15) is 0 Å². The Morgan fingerprint density at radius 1 is 0.950 bits per heavy atom. The number of methoxy groups -OCH3 is 1. The molecule has 114 valence electrons. The maximum absolute atomic E-state index is 5.87. The Kier molecular flexibility index (Phi) is 7.22. The van der Waals surface area contributed by atoms with E-state index >= 15 is 0 Å². The fraction of sp³-hybridized carbons (Fsp3) is 0.600. The van der Waals surface area contributed by atoms with Gasteiger partial charge in [0, 0.05) is 25.9 Å². The van der Waals surface area contributed by atoms with E-state index in [4.69, 9.17) is 18.0 Å². The Morgan fingerprint density at radius 2 is 1.50 bits per heavy atom. The van der Waals surface area contributed by atoms with Gasteiger partial charge in [0.1, 0.15) is 5.75 Å². The number of ether oxygens (including phenoxy) is 1. The van der Waals surface area contributed by atoms with Gasteiger partial charge in [-0.1, -0.05) is 12.1 Å². The minimum atomic E-state index is -2.64. The minimum Gasteiger partial charge on any atom is -0.496 e. The van der Waals surface area contributed by atoms with Crippen LogP contribution in [0.3, 0.4) is 0 Å². The lowest BCUT2D eigenvalue weighted by Gasteiger charge is -2.28. The first-order chi connectivity index (χ1) is 9.60. The quantitative estimate of drug-likeness (QED) is 0.656. The van der Waals surface area contributed by atoms with Crippen LogP contribution in [0, 0.1) is 6.92 Å². The lowest BCUT2D eigenvalue weighted by Crippen LogP contribution is -2.48. The van der Waals surface area contributed by atoms with E-state index in [0.29, 0.717) is 25.9 Å². The predicted octanol–water partition coefficient (Wildman–Crippen LogP) is 3.13. The normalized spacial score (nSPS) is 11.7. The van der Waals surface area contributed by atoms with E-state index in [0.717, 1.165) is 16.9 Å². The Bertz CT molecular complexity index is 392. The van der Waals surface area contributed by atoms with Crippen molar-refractivity contribution >= 4 is 8.80 Å². The highest BCUT2D eigenvalue weighted by atomic mass is 28.4. The first-order valence-corrected chi connectivity index (χ1v) is 9.09. The highest BCUT2D eigenvalue weighted by Gasteiger charge is 2.40. The van der Waals surface area contributed by atoms with E-state index in [1.165, 1.54) is 0 Å². The van der Waals surface area contributed by atoms with Crippen molar-refractivity contribution < 1.29 is 18.0 Å². The average Bonchev–Trinajstić information content (AvgIpc) is 2.42. The third-order valence-corrected chi connectivity index (χ3v) is 6.01. The zero-order chi connectivity index (χ0) is 15.0. The van der Waals surface area contributed by atoms with E-state index in [9.17, 15) is 0 Å². The van der Waals surface area contributed by atoms with Crippen LogP contribution in [0.1, 0.15) is 31.9 Å². The predicted molar refractivity (Wildman–Crippen MR) is 82.1 cm³/mol. The van der Waals surface area contributed by atoms with Gasteiger partial charge < -0.3 is 18.0 Å². The molecule has 0 bridgehead atoms. The van der Waals surface area contributed by atoms with Gasteiger partial charge in [-0.05, 0) is 44.9 Å². The molecule has 5 heteroatoms. The summed E-state index contributed by atoms with van der Waals surface area (Å²) in [6, 6.07) is 6.83.